The van der Waals surface area contributed by atoms with E-state index in [-0.39, 0.29) is 0 Å². The summed E-state index contributed by atoms with van der Waals surface area (Å²) in [7, 11) is 0. The first kappa shape index (κ1) is 21.5. The summed E-state index contributed by atoms with van der Waals surface area (Å²) in [5.41, 5.74) is 0. The summed E-state index contributed by atoms with van der Waals surface area (Å²) in [6.45, 7) is 19.2. The minimum Gasteiger partial charge on any atom is -0.379 e. The highest BCUT2D eigenvalue weighted by atomic mass is 16.5. The molecule has 0 radical (unpaired) electrons. The van der Waals surface area contributed by atoms with Crippen molar-refractivity contribution in [3.63, 3.8) is 0 Å². The summed E-state index contributed by atoms with van der Waals surface area (Å²) in [4.78, 5) is 9.94. The Bertz CT molecular complexity index is 409. The van der Waals surface area contributed by atoms with Crippen molar-refractivity contribution >= 4 is 5.96 Å². The van der Waals surface area contributed by atoms with Crippen molar-refractivity contribution in [1.29, 1.82) is 0 Å². The van der Waals surface area contributed by atoms with E-state index in [2.05, 4.69) is 48.1 Å². The zero-order valence-corrected chi connectivity index (χ0v) is 17.5. The molecule has 6 heteroatoms. The molecule has 2 atom stereocenters. The van der Waals surface area contributed by atoms with Crippen LogP contribution in [0.2, 0.25) is 0 Å². The smallest absolute Gasteiger partial charge is 0.191 e. The largest absolute Gasteiger partial charge is 0.379 e. The Balaban J connectivity index is 1.77. The molecular weight excluding hydrogens is 326 g/mol. The SMILES string of the molecule is CCNC(=NCC(C)N1CCOCC1)NCC1CCCN(CC(C)C)C1. The molecule has 26 heavy (non-hydrogen) atoms. The number of rotatable bonds is 8. The molecule has 0 saturated carbocycles. The Hall–Kier alpha value is -0.850. The van der Waals surface area contributed by atoms with Crippen LogP contribution in [0, 0.1) is 11.8 Å². The lowest BCUT2D eigenvalue weighted by atomic mass is 9.97. The van der Waals surface area contributed by atoms with Gasteiger partial charge in [-0.2, -0.15) is 0 Å². The van der Waals surface area contributed by atoms with Crippen molar-refractivity contribution < 1.29 is 4.74 Å². The number of guanidine groups is 1. The molecule has 0 aromatic carbocycles. The maximum Gasteiger partial charge on any atom is 0.191 e. The lowest BCUT2D eigenvalue weighted by molar-refractivity contribution is 0.0220. The molecule has 152 valence electrons. The highest BCUT2D eigenvalue weighted by Crippen LogP contribution is 2.16. The molecule has 6 nitrogen and oxygen atoms in total. The second-order valence-corrected chi connectivity index (χ2v) is 8.26. The van der Waals surface area contributed by atoms with Crippen LogP contribution in [0.4, 0.5) is 0 Å². The van der Waals surface area contributed by atoms with Crippen molar-refractivity contribution in [1.82, 2.24) is 20.4 Å². The minimum atomic E-state index is 0.463. The van der Waals surface area contributed by atoms with E-state index in [1.807, 2.05) is 0 Å². The number of hydrogen-bond donors (Lipinski definition) is 2. The van der Waals surface area contributed by atoms with E-state index in [1.165, 1.54) is 32.5 Å². The van der Waals surface area contributed by atoms with Gasteiger partial charge in [0.15, 0.2) is 5.96 Å². The number of hydrogen-bond acceptors (Lipinski definition) is 4. The van der Waals surface area contributed by atoms with Crippen LogP contribution in [0.3, 0.4) is 0 Å². The number of ether oxygens (including phenoxy) is 1. The predicted octanol–water partition coefficient (Wildman–Crippen LogP) is 1.63. The quantitative estimate of drug-likeness (QED) is 0.504. The van der Waals surface area contributed by atoms with Crippen LogP contribution < -0.4 is 10.6 Å². The number of piperidine rings is 1. The lowest BCUT2D eigenvalue weighted by Gasteiger charge is -2.34. The van der Waals surface area contributed by atoms with Gasteiger partial charge < -0.3 is 20.3 Å². The lowest BCUT2D eigenvalue weighted by Crippen LogP contribution is -2.46. The third-order valence-corrected chi connectivity index (χ3v) is 5.31. The number of nitrogens with zero attached hydrogens (tertiary/aromatic N) is 3. The van der Waals surface area contributed by atoms with E-state index in [4.69, 9.17) is 9.73 Å². The Kier molecular flexibility index (Phi) is 9.72. The van der Waals surface area contributed by atoms with E-state index < -0.39 is 0 Å². The predicted molar refractivity (Wildman–Crippen MR) is 110 cm³/mol. The zero-order chi connectivity index (χ0) is 18.8. The summed E-state index contributed by atoms with van der Waals surface area (Å²) >= 11 is 0. The van der Waals surface area contributed by atoms with Crippen molar-refractivity contribution in [2.45, 2.75) is 46.6 Å². The Labute approximate surface area is 160 Å². The first-order valence-corrected chi connectivity index (χ1v) is 10.6. The number of likely N-dealkylation sites (tertiary alicyclic amines) is 1. The van der Waals surface area contributed by atoms with Crippen LogP contribution in [-0.2, 0) is 4.74 Å². The summed E-state index contributed by atoms with van der Waals surface area (Å²) in [5.74, 6) is 2.44. The first-order valence-electron chi connectivity index (χ1n) is 10.6. The van der Waals surface area contributed by atoms with E-state index in [1.54, 1.807) is 0 Å². The third kappa shape index (κ3) is 7.80. The summed E-state index contributed by atoms with van der Waals surface area (Å²) in [6.07, 6.45) is 2.64. The van der Waals surface area contributed by atoms with Gasteiger partial charge in [-0.25, -0.2) is 0 Å². The minimum absolute atomic E-state index is 0.463. The van der Waals surface area contributed by atoms with Gasteiger partial charge in [0.2, 0.25) is 0 Å². The van der Waals surface area contributed by atoms with Crippen LogP contribution >= 0.6 is 0 Å². The van der Waals surface area contributed by atoms with Crippen LogP contribution in [0.15, 0.2) is 4.99 Å². The van der Waals surface area contributed by atoms with Gasteiger partial charge in [0, 0.05) is 45.3 Å². The molecular formula is C20H41N5O. The molecule has 2 aliphatic rings. The van der Waals surface area contributed by atoms with E-state index in [9.17, 15) is 0 Å². The number of aliphatic imine (C=N–C) groups is 1. The highest BCUT2D eigenvalue weighted by molar-refractivity contribution is 5.79. The fraction of sp³-hybridized carbons (Fsp3) is 0.950. The highest BCUT2D eigenvalue weighted by Gasteiger charge is 2.21. The first-order chi connectivity index (χ1) is 12.6. The fourth-order valence-electron chi connectivity index (χ4n) is 3.94. The average Bonchev–Trinajstić information content (AvgIpc) is 2.64. The summed E-state index contributed by atoms with van der Waals surface area (Å²) in [6, 6.07) is 0.463. The molecule has 0 bridgehead atoms. The van der Waals surface area contributed by atoms with E-state index >= 15 is 0 Å². The zero-order valence-electron chi connectivity index (χ0n) is 17.5. The van der Waals surface area contributed by atoms with E-state index in [0.717, 1.165) is 63.7 Å². The van der Waals surface area contributed by atoms with Gasteiger partial charge in [-0.1, -0.05) is 13.8 Å². The molecule has 0 amide bonds. The second kappa shape index (κ2) is 11.8. The normalized spacial score (nSPS) is 24.7. The standard InChI is InChI=1S/C20H41N5O/c1-5-21-20(22-13-18(4)25-9-11-26-12-10-25)23-14-19-7-6-8-24(16-19)15-17(2)3/h17-19H,5-16H2,1-4H3,(H2,21,22,23). The Morgan fingerprint density at radius 2 is 1.92 bits per heavy atom. The molecule has 2 heterocycles. The maximum absolute atomic E-state index is 5.45. The summed E-state index contributed by atoms with van der Waals surface area (Å²) in [5, 5.41) is 7.00. The molecule has 0 aliphatic carbocycles. The molecule has 2 saturated heterocycles. The molecule has 2 aliphatic heterocycles. The number of nitrogens with one attached hydrogen (secondary N) is 2. The topological polar surface area (TPSA) is 52.1 Å². The molecule has 2 N–H and O–H groups in total. The molecule has 0 aromatic heterocycles. The van der Waals surface area contributed by atoms with Gasteiger partial charge in [0.25, 0.3) is 0 Å². The third-order valence-electron chi connectivity index (χ3n) is 5.31. The Morgan fingerprint density at radius 3 is 2.62 bits per heavy atom. The van der Waals surface area contributed by atoms with Crippen molar-refractivity contribution in [2.24, 2.45) is 16.8 Å². The molecule has 2 unspecified atom stereocenters. The van der Waals surface area contributed by atoms with Gasteiger partial charge >= 0.3 is 0 Å². The van der Waals surface area contributed by atoms with Crippen molar-refractivity contribution in [3.05, 3.63) is 0 Å². The molecule has 0 spiro atoms. The molecule has 0 aromatic rings. The maximum atomic E-state index is 5.45. The second-order valence-electron chi connectivity index (χ2n) is 8.26. The molecule has 2 fully saturated rings. The van der Waals surface area contributed by atoms with Gasteiger partial charge in [0.05, 0.1) is 19.8 Å². The van der Waals surface area contributed by atoms with Crippen molar-refractivity contribution in [3.8, 4) is 0 Å². The molecule has 2 rings (SSSR count). The van der Waals surface area contributed by atoms with Gasteiger partial charge in [-0.15, -0.1) is 0 Å². The van der Waals surface area contributed by atoms with Crippen LogP contribution in [-0.4, -0.2) is 87.4 Å². The van der Waals surface area contributed by atoms with Gasteiger partial charge in [-0.3, -0.25) is 9.89 Å². The average molecular weight is 368 g/mol. The van der Waals surface area contributed by atoms with Crippen molar-refractivity contribution in [2.75, 3.05) is 65.6 Å². The van der Waals surface area contributed by atoms with Crippen LogP contribution in [0.1, 0.15) is 40.5 Å². The van der Waals surface area contributed by atoms with Gasteiger partial charge in [-0.05, 0) is 45.1 Å². The van der Waals surface area contributed by atoms with E-state index in [0.29, 0.717) is 6.04 Å². The summed E-state index contributed by atoms with van der Waals surface area (Å²) < 4.78 is 5.45. The Morgan fingerprint density at radius 1 is 1.15 bits per heavy atom. The number of morpholine rings is 1. The fourth-order valence-corrected chi connectivity index (χ4v) is 3.94. The van der Waals surface area contributed by atoms with Crippen LogP contribution in [0.5, 0.6) is 0 Å². The monoisotopic (exact) mass is 367 g/mol. The van der Waals surface area contributed by atoms with Crippen LogP contribution in [0.25, 0.3) is 0 Å². The van der Waals surface area contributed by atoms with Gasteiger partial charge in [0.1, 0.15) is 0 Å².